The molecule has 0 heterocycles. The van der Waals surface area contributed by atoms with Crippen molar-refractivity contribution in [2.24, 2.45) is 5.73 Å². The Hall–Kier alpha value is -1.35. The first kappa shape index (κ1) is 16.7. The molecule has 1 unspecified atom stereocenters. The first-order chi connectivity index (χ1) is 8.91. The van der Waals surface area contributed by atoms with Gasteiger partial charge in [0.25, 0.3) is 0 Å². The minimum atomic E-state index is -0.955. The van der Waals surface area contributed by atoms with Crippen LogP contribution in [0.15, 0.2) is 18.2 Å². The summed E-state index contributed by atoms with van der Waals surface area (Å²) in [7, 11) is 0. The normalized spacial score (nSPS) is 14.2. The van der Waals surface area contributed by atoms with E-state index in [1.54, 1.807) is 0 Å². The molecule has 1 aromatic rings. The van der Waals surface area contributed by atoms with Crippen LogP contribution in [0.2, 0.25) is 0 Å². The van der Waals surface area contributed by atoms with Crippen LogP contribution in [0, 0.1) is 0 Å². The molecule has 3 N–H and O–H groups in total. The molecule has 20 heavy (non-hydrogen) atoms. The number of carboxylic acids is 1. The van der Waals surface area contributed by atoms with E-state index in [-0.39, 0.29) is 10.8 Å². The van der Waals surface area contributed by atoms with Gasteiger partial charge in [0.05, 0.1) is 0 Å². The van der Waals surface area contributed by atoms with Gasteiger partial charge in [-0.05, 0) is 33.9 Å². The minimum Gasteiger partial charge on any atom is -0.480 e. The maximum atomic E-state index is 10.9. The quantitative estimate of drug-likeness (QED) is 0.891. The Morgan fingerprint density at radius 2 is 1.45 bits per heavy atom. The van der Waals surface area contributed by atoms with Crippen molar-refractivity contribution in [3.05, 3.63) is 34.9 Å². The monoisotopic (exact) mass is 277 g/mol. The molecule has 0 fully saturated rings. The van der Waals surface area contributed by atoms with Crippen molar-refractivity contribution in [2.45, 2.75) is 64.8 Å². The van der Waals surface area contributed by atoms with Crippen LogP contribution >= 0.6 is 0 Å². The molecule has 1 atom stereocenters. The molecule has 3 heteroatoms. The lowest BCUT2D eigenvalue weighted by molar-refractivity contribution is -0.138. The van der Waals surface area contributed by atoms with Gasteiger partial charge < -0.3 is 10.8 Å². The van der Waals surface area contributed by atoms with Crippen molar-refractivity contribution >= 4 is 5.97 Å². The lowest BCUT2D eigenvalue weighted by Gasteiger charge is -2.26. The van der Waals surface area contributed by atoms with E-state index >= 15 is 0 Å². The summed E-state index contributed by atoms with van der Waals surface area (Å²) < 4.78 is 0. The van der Waals surface area contributed by atoms with E-state index in [0.29, 0.717) is 6.42 Å². The summed E-state index contributed by atoms with van der Waals surface area (Å²) in [5.41, 5.74) is 9.17. The van der Waals surface area contributed by atoms with Gasteiger partial charge in [0.2, 0.25) is 0 Å². The number of rotatable bonds is 3. The van der Waals surface area contributed by atoms with E-state index < -0.39 is 12.0 Å². The number of carbonyl (C=O) groups is 1. The van der Waals surface area contributed by atoms with E-state index in [1.807, 2.05) is 0 Å². The number of benzene rings is 1. The van der Waals surface area contributed by atoms with E-state index in [1.165, 1.54) is 11.1 Å². The highest BCUT2D eigenvalue weighted by atomic mass is 16.4. The summed E-state index contributed by atoms with van der Waals surface area (Å²) in [5, 5.41) is 8.98. The molecule has 0 aromatic heterocycles. The fourth-order valence-corrected chi connectivity index (χ4v) is 2.02. The van der Waals surface area contributed by atoms with Crippen LogP contribution < -0.4 is 5.73 Å². The van der Waals surface area contributed by atoms with Gasteiger partial charge in [0.1, 0.15) is 6.04 Å². The third-order valence-electron chi connectivity index (χ3n) is 3.50. The van der Waals surface area contributed by atoms with Gasteiger partial charge in [-0.25, -0.2) is 0 Å². The summed E-state index contributed by atoms with van der Waals surface area (Å²) in [6, 6.07) is 5.53. The Bertz CT molecular complexity index is 460. The van der Waals surface area contributed by atoms with Crippen LogP contribution in [0.1, 0.15) is 58.2 Å². The number of aliphatic carboxylic acids is 1. The molecule has 3 nitrogen and oxygen atoms in total. The van der Waals surface area contributed by atoms with Crippen LogP contribution in [-0.4, -0.2) is 17.1 Å². The predicted molar refractivity (Wildman–Crippen MR) is 83.2 cm³/mol. The van der Waals surface area contributed by atoms with Crippen LogP contribution in [0.4, 0.5) is 0 Å². The highest BCUT2D eigenvalue weighted by Gasteiger charge is 2.21. The molecular weight excluding hydrogens is 250 g/mol. The molecule has 112 valence electrons. The molecule has 0 aliphatic rings. The highest BCUT2D eigenvalue weighted by molar-refractivity contribution is 5.73. The van der Waals surface area contributed by atoms with Crippen molar-refractivity contribution in [2.75, 3.05) is 0 Å². The molecule has 0 radical (unpaired) electrons. The Labute approximate surface area is 122 Å². The molecule has 1 aromatic carbocycles. The van der Waals surface area contributed by atoms with E-state index in [2.05, 4.69) is 59.7 Å². The molecule has 0 amide bonds. The van der Waals surface area contributed by atoms with E-state index in [0.717, 1.165) is 5.56 Å². The van der Waals surface area contributed by atoms with Gasteiger partial charge in [-0.2, -0.15) is 0 Å². The second kappa shape index (κ2) is 5.57. The third-order valence-corrected chi connectivity index (χ3v) is 3.50. The summed E-state index contributed by atoms with van der Waals surface area (Å²) in [6.07, 6.45) is 0.363. The van der Waals surface area contributed by atoms with Crippen molar-refractivity contribution in [1.82, 2.24) is 0 Å². The molecule has 0 saturated carbocycles. The minimum absolute atomic E-state index is 0.0311. The lowest BCUT2D eigenvalue weighted by Crippen LogP contribution is -2.32. The van der Waals surface area contributed by atoms with Crippen LogP contribution in [0.25, 0.3) is 0 Å². The first-order valence-corrected chi connectivity index (χ1v) is 7.04. The number of hydrogen-bond donors (Lipinski definition) is 2. The number of hydrogen-bond acceptors (Lipinski definition) is 2. The zero-order chi connectivity index (χ0) is 15.7. The molecule has 0 bridgehead atoms. The fraction of sp³-hybridized carbons (Fsp3) is 0.588. The zero-order valence-corrected chi connectivity index (χ0v) is 13.4. The molecule has 0 saturated heterocycles. The summed E-state index contributed by atoms with van der Waals surface area (Å²) in [6.45, 7) is 13.0. The van der Waals surface area contributed by atoms with Crippen molar-refractivity contribution in [1.29, 1.82) is 0 Å². The number of nitrogens with two attached hydrogens (primary N) is 1. The fourth-order valence-electron chi connectivity index (χ4n) is 2.02. The lowest BCUT2D eigenvalue weighted by atomic mass is 9.79. The van der Waals surface area contributed by atoms with Gasteiger partial charge >= 0.3 is 5.97 Å². The maximum absolute atomic E-state index is 10.9. The molecular formula is C17H27NO2. The van der Waals surface area contributed by atoms with E-state index in [4.69, 9.17) is 10.8 Å². The van der Waals surface area contributed by atoms with Crippen molar-refractivity contribution in [3.8, 4) is 0 Å². The van der Waals surface area contributed by atoms with Crippen molar-refractivity contribution < 1.29 is 9.90 Å². The molecule has 0 aliphatic heterocycles. The van der Waals surface area contributed by atoms with Crippen LogP contribution in [0.5, 0.6) is 0 Å². The summed E-state index contributed by atoms with van der Waals surface area (Å²) in [4.78, 5) is 10.9. The first-order valence-electron chi connectivity index (χ1n) is 7.04. The SMILES string of the molecule is CC(C)(C)c1cc(CC(N)C(=O)O)cc(C(C)(C)C)c1. The second-order valence-corrected chi connectivity index (χ2v) is 7.57. The van der Waals surface area contributed by atoms with Gasteiger partial charge in [0, 0.05) is 0 Å². The van der Waals surface area contributed by atoms with Gasteiger partial charge in [-0.3, -0.25) is 4.79 Å². The van der Waals surface area contributed by atoms with E-state index in [9.17, 15) is 4.79 Å². The topological polar surface area (TPSA) is 63.3 Å². The largest absolute Gasteiger partial charge is 0.480 e. The highest BCUT2D eigenvalue weighted by Crippen LogP contribution is 2.30. The van der Waals surface area contributed by atoms with Crippen molar-refractivity contribution in [3.63, 3.8) is 0 Å². The Morgan fingerprint density at radius 3 is 1.75 bits per heavy atom. The average Bonchev–Trinajstić information content (AvgIpc) is 2.26. The zero-order valence-electron chi connectivity index (χ0n) is 13.4. The Kier molecular flexibility index (Phi) is 4.65. The Morgan fingerprint density at radius 1 is 1.05 bits per heavy atom. The molecule has 1 rings (SSSR count). The average molecular weight is 277 g/mol. The standard InChI is InChI=1S/C17H27NO2/c1-16(2,3)12-7-11(9-14(18)15(19)20)8-13(10-12)17(4,5)6/h7-8,10,14H,9,18H2,1-6H3,(H,19,20). The Balaban J connectivity index is 3.28. The third kappa shape index (κ3) is 4.34. The van der Waals surface area contributed by atoms with Crippen LogP contribution in [0.3, 0.4) is 0 Å². The maximum Gasteiger partial charge on any atom is 0.320 e. The number of carboxylic acid groups (broad SMARTS) is 1. The predicted octanol–water partition coefficient (Wildman–Crippen LogP) is 3.24. The smallest absolute Gasteiger partial charge is 0.320 e. The van der Waals surface area contributed by atoms with Crippen LogP contribution in [-0.2, 0) is 22.0 Å². The molecule has 0 spiro atoms. The second-order valence-electron chi connectivity index (χ2n) is 7.57. The van der Waals surface area contributed by atoms with Gasteiger partial charge in [-0.1, -0.05) is 59.7 Å². The molecule has 0 aliphatic carbocycles. The van der Waals surface area contributed by atoms with Gasteiger partial charge in [-0.15, -0.1) is 0 Å². The summed E-state index contributed by atoms with van der Waals surface area (Å²) >= 11 is 0. The summed E-state index contributed by atoms with van der Waals surface area (Å²) in [5.74, 6) is -0.955. The van der Waals surface area contributed by atoms with Gasteiger partial charge in [0.15, 0.2) is 0 Å².